The highest BCUT2D eigenvalue weighted by atomic mass is 79.9. The number of nitrogens with one attached hydrogen (secondary N) is 2. The first-order valence-electron chi connectivity index (χ1n) is 6.86. The van der Waals surface area contributed by atoms with Crippen molar-refractivity contribution < 1.29 is 9.59 Å². The van der Waals surface area contributed by atoms with E-state index < -0.39 is 0 Å². The molecule has 0 aliphatic carbocycles. The molecule has 0 saturated heterocycles. The SMILES string of the molecule is Cc1cc(C)cc(NC(=O)CC(=O)Nc2ccccc2Br)c1. The molecular weight excluding hydrogens is 344 g/mol. The largest absolute Gasteiger partial charge is 0.326 e. The number of rotatable bonds is 4. The van der Waals surface area contributed by atoms with Gasteiger partial charge in [-0.2, -0.15) is 0 Å². The van der Waals surface area contributed by atoms with Crippen molar-refractivity contribution >= 4 is 39.1 Å². The van der Waals surface area contributed by atoms with Crippen molar-refractivity contribution in [1.29, 1.82) is 0 Å². The number of amides is 2. The predicted molar refractivity (Wildman–Crippen MR) is 91.9 cm³/mol. The second-order valence-electron chi connectivity index (χ2n) is 5.13. The van der Waals surface area contributed by atoms with Crippen molar-refractivity contribution in [1.82, 2.24) is 0 Å². The van der Waals surface area contributed by atoms with Gasteiger partial charge in [-0.05, 0) is 65.2 Å². The Morgan fingerprint density at radius 3 is 2.18 bits per heavy atom. The average molecular weight is 361 g/mol. The summed E-state index contributed by atoms with van der Waals surface area (Å²) < 4.78 is 0.776. The fourth-order valence-corrected chi connectivity index (χ4v) is 2.54. The van der Waals surface area contributed by atoms with E-state index in [-0.39, 0.29) is 18.2 Å². The number of hydrogen-bond acceptors (Lipinski definition) is 2. The number of carbonyl (C=O) groups excluding carboxylic acids is 2. The molecule has 4 nitrogen and oxygen atoms in total. The van der Waals surface area contributed by atoms with E-state index in [1.165, 1.54) is 0 Å². The van der Waals surface area contributed by atoms with E-state index in [2.05, 4.69) is 26.6 Å². The van der Waals surface area contributed by atoms with E-state index in [0.717, 1.165) is 15.6 Å². The Labute approximate surface area is 138 Å². The molecule has 0 fully saturated rings. The van der Waals surface area contributed by atoms with E-state index in [9.17, 15) is 9.59 Å². The third-order valence-corrected chi connectivity index (χ3v) is 3.67. The van der Waals surface area contributed by atoms with Gasteiger partial charge in [0.25, 0.3) is 0 Å². The van der Waals surface area contributed by atoms with Crippen LogP contribution in [0.4, 0.5) is 11.4 Å². The van der Waals surface area contributed by atoms with Gasteiger partial charge in [0.05, 0.1) is 5.69 Å². The lowest BCUT2D eigenvalue weighted by atomic mass is 10.1. The third kappa shape index (κ3) is 4.70. The van der Waals surface area contributed by atoms with Gasteiger partial charge in [-0.15, -0.1) is 0 Å². The number of para-hydroxylation sites is 1. The van der Waals surface area contributed by atoms with Gasteiger partial charge < -0.3 is 10.6 Å². The Hall–Kier alpha value is -2.14. The van der Waals surface area contributed by atoms with Gasteiger partial charge >= 0.3 is 0 Å². The molecule has 0 heterocycles. The monoisotopic (exact) mass is 360 g/mol. The number of benzene rings is 2. The predicted octanol–water partition coefficient (Wildman–Crippen LogP) is 4.03. The maximum atomic E-state index is 11.9. The van der Waals surface area contributed by atoms with Crippen molar-refractivity contribution in [2.75, 3.05) is 10.6 Å². The minimum absolute atomic E-state index is 0.228. The third-order valence-electron chi connectivity index (χ3n) is 2.97. The average Bonchev–Trinajstić information content (AvgIpc) is 2.39. The number of aryl methyl sites for hydroxylation is 2. The zero-order valence-electron chi connectivity index (χ0n) is 12.4. The Kier molecular flexibility index (Phi) is 5.33. The highest BCUT2D eigenvalue weighted by Crippen LogP contribution is 2.21. The summed E-state index contributed by atoms with van der Waals surface area (Å²) in [6, 6.07) is 13.0. The van der Waals surface area contributed by atoms with Crippen LogP contribution in [0.2, 0.25) is 0 Å². The lowest BCUT2D eigenvalue weighted by molar-refractivity contribution is -0.123. The second kappa shape index (κ2) is 7.22. The standard InChI is InChI=1S/C17H17BrN2O2/c1-11-7-12(2)9-13(8-11)19-16(21)10-17(22)20-15-6-4-3-5-14(15)18/h3-9H,10H2,1-2H3,(H,19,21)(H,20,22). The molecule has 0 spiro atoms. The van der Waals surface area contributed by atoms with Crippen LogP contribution in [0, 0.1) is 13.8 Å². The molecule has 0 bridgehead atoms. The summed E-state index contributed by atoms with van der Waals surface area (Å²) in [5, 5.41) is 5.45. The van der Waals surface area contributed by atoms with E-state index >= 15 is 0 Å². The molecule has 0 radical (unpaired) electrons. The summed E-state index contributed by atoms with van der Waals surface area (Å²) in [5.74, 6) is -0.691. The molecule has 2 N–H and O–H groups in total. The van der Waals surface area contributed by atoms with Crippen LogP contribution in [0.5, 0.6) is 0 Å². The lowest BCUT2D eigenvalue weighted by Crippen LogP contribution is -2.21. The number of anilines is 2. The van der Waals surface area contributed by atoms with Crippen LogP contribution in [0.15, 0.2) is 46.9 Å². The topological polar surface area (TPSA) is 58.2 Å². The van der Waals surface area contributed by atoms with E-state index in [4.69, 9.17) is 0 Å². The maximum absolute atomic E-state index is 11.9. The smallest absolute Gasteiger partial charge is 0.233 e. The molecule has 0 atom stereocenters. The minimum Gasteiger partial charge on any atom is -0.326 e. The second-order valence-corrected chi connectivity index (χ2v) is 5.98. The van der Waals surface area contributed by atoms with Crippen molar-refractivity contribution in [2.24, 2.45) is 0 Å². The zero-order valence-corrected chi connectivity index (χ0v) is 14.0. The fourth-order valence-electron chi connectivity index (χ4n) is 2.15. The number of carbonyl (C=O) groups is 2. The van der Waals surface area contributed by atoms with E-state index in [0.29, 0.717) is 11.4 Å². The molecule has 0 aliphatic rings. The minimum atomic E-state index is -0.353. The van der Waals surface area contributed by atoms with Crippen molar-refractivity contribution in [3.63, 3.8) is 0 Å². The molecule has 0 aromatic heterocycles. The Bertz CT molecular complexity index is 693. The molecule has 5 heteroatoms. The van der Waals surface area contributed by atoms with Gasteiger partial charge in [-0.1, -0.05) is 18.2 Å². The van der Waals surface area contributed by atoms with Crippen LogP contribution in [0.3, 0.4) is 0 Å². The van der Waals surface area contributed by atoms with Gasteiger partial charge in [0.1, 0.15) is 6.42 Å². The Morgan fingerprint density at radius 1 is 0.955 bits per heavy atom. The van der Waals surface area contributed by atoms with Crippen LogP contribution in [-0.4, -0.2) is 11.8 Å². The van der Waals surface area contributed by atoms with Gasteiger partial charge in [-0.25, -0.2) is 0 Å². The Morgan fingerprint density at radius 2 is 1.55 bits per heavy atom. The lowest BCUT2D eigenvalue weighted by Gasteiger charge is -2.09. The van der Waals surface area contributed by atoms with Crippen LogP contribution >= 0.6 is 15.9 Å². The molecule has 2 aromatic rings. The summed E-state index contributed by atoms with van der Waals surface area (Å²) in [5.41, 5.74) is 3.48. The molecule has 0 saturated carbocycles. The molecule has 2 amide bonds. The van der Waals surface area contributed by atoms with Gasteiger partial charge in [0, 0.05) is 10.2 Å². The number of halogens is 1. The van der Waals surface area contributed by atoms with Crippen LogP contribution in [0.25, 0.3) is 0 Å². The molecule has 2 aromatic carbocycles. The molecule has 0 aliphatic heterocycles. The summed E-state index contributed by atoms with van der Waals surface area (Å²) in [7, 11) is 0. The summed E-state index contributed by atoms with van der Waals surface area (Å²) in [4.78, 5) is 23.8. The first-order valence-corrected chi connectivity index (χ1v) is 7.66. The maximum Gasteiger partial charge on any atom is 0.233 e. The highest BCUT2D eigenvalue weighted by molar-refractivity contribution is 9.10. The van der Waals surface area contributed by atoms with E-state index in [1.807, 2.05) is 50.2 Å². The number of hydrogen-bond donors (Lipinski definition) is 2. The zero-order chi connectivity index (χ0) is 16.1. The van der Waals surface area contributed by atoms with Crippen molar-refractivity contribution in [3.8, 4) is 0 Å². The van der Waals surface area contributed by atoms with Gasteiger partial charge in [0.2, 0.25) is 11.8 Å². The van der Waals surface area contributed by atoms with Crippen molar-refractivity contribution in [3.05, 3.63) is 58.1 Å². The highest BCUT2D eigenvalue weighted by Gasteiger charge is 2.11. The van der Waals surface area contributed by atoms with Crippen LogP contribution in [0.1, 0.15) is 17.5 Å². The normalized spacial score (nSPS) is 10.1. The molecular formula is C17H17BrN2O2. The molecule has 0 unspecified atom stereocenters. The molecule has 22 heavy (non-hydrogen) atoms. The van der Waals surface area contributed by atoms with E-state index in [1.54, 1.807) is 6.07 Å². The van der Waals surface area contributed by atoms with Gasteiger partial charge in [0.15, 0.2) is 0 Å². The van der Waals surface area contributed by atoms with Crippen LogP contribution < -0.4 is 10.6 Å². The van der Waals surface area contributed by atoms with Gasteiger partial charge in [-0.3, -0.25) is 9.59 Å². The summed E-state index contributed by atoms with van der Waals surface area (Å²) in [6.07, 6.45) is -0.228. The Balaban J connectivity index is 1.94. The summed E-state index contributed by atoms with van der Waals surface area (Å²) >= 11 is 3.35. The fraction of sp³-hybridized carbons (Fsp3) is 0.176. The summed E-state index contributed by atoms with van der Waals surface area (Å²) in [6.45, 7) is 3.92. The first-order chi connectivity index (χ1) is 10.4. The van der Waals surface area contributed by atoms with Crippen LogP contribution in [-0.2, 0) is 9.59 Å². The molecule has 2 rings (SSSR count). The quantitative estimate of drug-likeness (QED) is 0.808. The first kappa shape index (κ1) is 16.2. The molecule has 114 valence electrons. The van der Waals surface area contributed by atoms with Crippen molar-refractivity contribution in [2.45, 2.75) is 20.3 Å².